The zero-order valence-electron chi connectivity index (χ0n) is 14.5. The highest BCUT2D eigenvalue weighted by molar-refractivity contribution is 6.33. The highest BCUT2D eigenvalue weighted by Crippen LogP contribution is 2.27. The van der Waals surface area contributed by atoms with Crippen molar-refractivity contribution in [1.29, 1.82) is 0 Å². The first-order valence-corrected chi connectivity index (χ1v) is 8.55. The third-order valence-electron chi connectivity index (χ3n) is 4.17. The fraction of sp³-hybridized carbons (Fsp3) is 0.143. The smallest absolute Gasteiger partial charge is 0.254 e. The lowest BCUT2D eigenvalue weighted by molar-refractivity contribution is 0.0908. The van der Waals surface area contributed by atoms with Crippen molar-refractivity contribution < 1.29 is 9.18 Å². The molecule has 0 radical (unpaired) electrons. The number of aromatic nitrogens is 1. The van der Waals surface area contributed by atoms with Crippen LogP contribution in [0.1, 0.15) is 29.8 Å². The summed E-state index contributed by atoms with van der Waals surface area (Å²) < 4.78 is 14.6. The normalized spacial score (nSPS) is 11.2. The molecule has 0 bridgehead atoms. The van der Waals surface area contributed by atoms with Crippen molar-refractivity contribution in [3.8, 4) is 11.3 Å². The van der Waals surface area contributed by atoms with E-state index in [1.54, 1.807) is 24.4 Å². The lowest BCUT2D eigenvalue weighted by Crippen LogP contribution is -2.41. The quantitative estimate of drug-likeness (QED) is 0.687. The molecule has 26 heavy (non-hydrogen) atoms. The van der Waals surface area contributed by atoms with Crippen LogP contribution in [0.25, 0.3) is 11.3 Å². The summed E-state index contributed by atoms with van der Waals surface area (Å²) in [6.07, 6.45) is 1.59. The number of rotatable bonds is 4. The van der Waals surface area contributed by atoms with Crippen molar-refractivity contribution in [3.05, 3.63) is 88.8 Å². The highest BCUT2D eigenvalue weighted by atomic mass is 35.5. The van der Waals surface area contributed by atoms with Crippen LogP contribution >= 0.6 is 11.6 Å². The summed E-state index contributed by atoms with van der Waals surface area (Å²) in [7, 11) is 0. The van der Waals surface area contributed by atoms with Crippen LogP contribution in [0.4, 0.5) is 4.39 Å². The van der Waals surface area contributed by atoms with E-state index in [1.165, 1.54) is 12.1 Å². The summed E-state index contributed by atoms with van der Waals surface area (Å²) in [5.41, 5.74) is 1.28. The van der Waals surface area contributed by atoms with Crippen LogP contribution in [0, 0.1) is 5.82 Å². The number of carbonyl (C=O) groups excluding carboxylic acids is 1. The standard InChI is InChI=1S/C21H18ClFN2O/c1-21(2,15-7-4-3-5-8-15)25-20(26)16-11-10-14(13-18(16)23)19-17(22)9-6-12-24-19/h3-13H,1-2H3,(H,25,26). The second kappa shape index (κ2) is 7.26. The molecule has 1 N–H and O–H groups in total. The first kappa shape index (κ1) is 18.1. The Morgan fingerprint density at radius 3 is 2.46 bits per heavy atom. The summed E-state index contributed by atoms with van der Waals surface area (Å²) in [5.74, 6) is -1.10. The number of carbonyl (C=O) groups is 1. The molecule has 0 unspecified atom stereocenters. The number of hydrogen-bond donors (Lipinski definition) is 1. The van der Waals surface area contributed by atoms with Crippen molar-refractivity contribution in [2.75, 3.05) is 0 Å². The van der Waals surface area contributed by atoms with E-state index in [0.717, 1.165) is 5.56 Å². The van der Waals surface area contributed by atoms with Gasteiger partial charge in [-0.15, -0.1) is 0 Å². The van der Waals surface area contributed by atoms with Gasteiger partial charge in [-0.25, -0.2) is 4.39 Å². The fourth-order valence-corrected chi connectivity index (χ4v) is 2.95. The average Bonchev–Trinajstić information content (AvgIpc) is 2.62. The molecule has 1 aromatic heterocycles. The number of benzene rings is 2. The predicted octanol–water partition coefficient (Wildman–Crippen LogP) is 5.21. The molecule has 3 nitrogen and oxygen atoms in total. The summed E-state index contributed by atoms with van der Waals surface area (Å²) >= 11 is 6.10. The van der Waals surface area contributed by atoms with E-state index in [0.29, 0.717) is 16.3 Å². The molecule has 3 rings (SSSR count). The van der Waals surface area contributed by atoms with Gasteiger partial charge in [-0.3, -0.25) is 9.78 Å². The van der Waals surface area contributed by atoms with E-state index in [-0.39, 0.29) is 5.56 Å². The number of amides is 1. The number of hydrogen-bond acceptors (Lipinski definition) is 2. The molecule has 1 heterocycles. The maximum Gasteiger partial charge on any atom is 0.254 e. The first-order valence-electron chi connectivity index (χ1n) is 8.17. The molecule has 0 aliphatic rings. The van der Waals surface area contributed by atoms with Crippen molar-refractivity contribution in [3.63, 3.8) is 0 Å². The fourth-order valence-electron chi connectivity index (χ4n) is 2.72. The topological polar surface area (TPSA) is 42.0 Å². The van der Waals surface area contributed by atoms with Crippen molar-refractivity contribution in [1.82, 2.24) is 10.3 Å². The van der Waals surface area contributed by atoms with Gasteiger partial charge in [0.1, 0.15) is 5.82 Å². The number of nitrogens with zero attached hydrogens (tertiary/aromatic N) is 1. The van der Waals surface area contributed by atoms with Gasteiger partial charge in [0, 0.05) is 11.8 Å². The molecular formula is C21H18ClFN2O. The first-order chi connectivity index (χ1) is 12.4. The van der Waals surface area contributed by atoms with Crippen LogP contribution in [0.15, 0.2) is 66.9 Å². The third-order valence-corrected chi connectivity index (χ3v) is 4.47. The zero-order valence-corrected chi connectivity index (χ0v) is 15.2. The van der Waals surface area contributed by atoms with E-state index in [9.17, 15) is 9.18 Å². The molecule has 0 atom stereocenters. The molecule has 132 valence electrons. The molecule has 1 amide bonds. The minimum Gasteiger partial charge on any atom is -0.343 e. The summed E-state index contributed by atoms with van der Waals surface area (Å²) in [4.78, 5) is 16.7. The van der Waals surface area contributed by atoms with E-state index in [1.807, 2.05) is 44.2 Å². The monoisotopic (exact) mass is 368 g/mol. The molecular weight excluding hydrogens is 351 g/mol. The van der Waals surface area contributed by atoms with Crippen LogP contribution in [0.2, 0.25) is 5.02 Å². The summed E-state index contributed by atoms with van der Waals surface area (Å²) in [6, 6.07) is 17.3. The Morgan fingerprint density at radius 2 is 1.81 bits per heavy atom. The SMILES string of the molecule is CC(C)(NC(=O)c1ccc(-c2ncccc2Cl)cc1F)c1ccccc1. The third kappa shape index (κ3) is 3.75. The molecule has 0 aliphatic heterocycles. The maximum atomic E-state index is 14.6. The van der Waals surface area contributed by atoms with Crippen molar-refractivity contribution in [2.24, 2.45) is 0 Å². The summed E-state index contributed by atoms with van der Waals surface area (Å²) in [5, 5.41) is 3.30. The Kier molecular flexibility index (Phi) is 5.05. The van der Waals surface area contributed by atoms with Gasteiger partial charge in [0.05, 0.1) is 21.8 Å². The molecule has 0 aliphatic carbocycles. The number of pyridine rings is 1. The Labute approximate surface area is 156 Å². The maximum absolute atomic E-state index is 14.6. The van der Waals surface area contributed by atoms with Crippen LogP contribution < -0.4 is 5.32 Å². The zero-order chi connectivity index (χ0) is 18.7. The molecule has 0 fully saturated rings. The Bertz CT molecular complexity index is 942. The lowest BCUT2D eigenvalue weighted by atomic mass is 9.94. The molecule has 5 heteroatoms. The highest BCUT2D eigenvalue weighted by Gasteiger charge is 2.24. The van der Waals surface area contributed by atoms with E-state index >= 15 is 0 Å². The van der Waals surface area contributed by atoms with Gasteiger partial charge < -0.3 is 5.32 Å². The summed E-state index contributed by atoms with van der Waals surface area (Å²) in [6.45, 7) is 3.75. The van der Waals surface area contributed by atoms with Gasteiger partial charge in [0.15, 0.2) is 0 Å². The van der Waals surface area contributed by atoms with Crippen molar-refractivity contribution in [2.45, 2.75) is 19.4 Å². The number of halogens is 2. The van der Waals surface area contributed by atoms with Gasteiger partial charge in [-0.2, -0.15) is 0 Å². The second-order valence-electron chi connectivity index (χ2n) is 6.47. The van der Waals surface area contributed by atoms with Gasteiger partial charge in [-0.1, -0.05) is 48.0 Å². The van der Waals surface area contributed by atoms with Crippen LogP contribution in [0.5, 0.6) is 0 Å². The van der Waals surface area contributed by atoms with Gasteiger partial charge in [0.2, 0.25) is 0 Å². The predicted molar refractivity (Wildman–Crippen MR) is 102 cm³/mol. The van der Waals surface area contributed by atoms with E-state index in [2.05, 4.69) is 10.3 Å². The Morgan fingerprint density at radius 1 is 1.08 bits per heavy atom. The van der Waals surface area contributed by atoms with Crippen LogP contribution in [-0.2, 0) is 5.54 Å². The second-order valence-corrected chi connectivity index (χ2v) is 6.88. The minimum atomic E-state index is -0.631. The number of nitrogens with one attached hydrogen (secondary N) is 1. The Balaban J connectivity index is 1.86. The lowest BCUT2D eigenvalue weighted by Gasteiger charge is -2.27. The minimum absolute atomic E-state index is 0.0233. The van der Waals surface area contributed by atoms with Gasteiger partial charge >= 0.3 is 0 Å². The van der Waals surface area contributed by atoms with Gasteiger partial charge in [-0.05, 0) is 43.7 Å². The molecule has 0 saturated heterocycles. The van der Waals surface area contributed by atoms with Crippen LogP contribution in [0.3, 0.4) is 0 Å². The van der Waals surface area contributed by atoms with E-state index < -0.39 is 17.3 Å². The van der Waals surface area contributed by atoms with Crippen LogP contribution in [-0.4, -0.2) is 10.9 Å². The average molecular weight is 369 g/mol. The molecule has 0 spiro atoms. The van der Waals surface area contributed by atoms with Gasteiger partial charge in [0.25, 0.3) is 5.91 Å². The largest absolute Gasteiger partial charge is 0.343 e. The molecule has 2 aromatic carbocycles. The Hall–Kier alpha value is -2.72. The van der Waals surface area contributed by atoms with E-state index in [4.69, 9.17) is 11.6 Å². The molecule has 0 saturated carbocycles. The molecule has 3 aromatic rings. The van der Waals surface area contributed by atoms with Crippen molar-refractivity contribution >= 4 is 17.5 Å².